The molecule has 0 saturated carbocycles. The minimum atomic E-state index is -0.675. The number of methoxy groups -OCH3 is 1. The van der Waals surface area contributed by atoms with Crippen LogP contribution in [0.1, 0.15) is 33.5 Å². The van der Waals surface area contributed by atoms with Crippen molar-refractivity contribution in [3.8, 4) is 5.75 Å². The number of thiophene rings is 1. The van der Waals surface area contributed by atoms with Crippen LogP contribution in [-0.4, -0.2) is 60.9 Å². The highest BCUT2D eigenvalue weighted by Gasteiger charge is 2.45. The van der Waals surface area contributed by atoms with Crippen LogP contribution in [-0.2, 0) is 4.79 Å². The quantitative estimate of drug-likeness (QED) is 0.449. The zero-order chi connectivity index (χ0) is 23.9. The van der Waals surface area contributed by atoms with Crippen LogP contribution >= 0.6 is 22.9 Å². The normalized spacial score (nSPS) is 16.5. The molecule has 1 aliphatic heterocycles. The third-order valence-electron chi connectivity index (χ3n) is 5.69. The number of ether oxygens (including phenoxy) is 1. The molecule has 0 fully saturated rings. The van der Waals surface area contributed by atoms with E-state index in [1.54, 1.807) is 23.1 Å². The number of aliphatic hydroxyl groups excluding tert-OH is 1. The van der Waals surface area contributed by atoms with Crippen molar-refractivity contribution in [3.05, 3.63) is 62.2 Å². The number of hydrogen-bond acceptors (Lipinski definition) is 7. The molecular formula is C24H25ClN2O5S. The number of hydrogen-bond donors (Lipinski definition) is 1. The van der Waals surface area contributed by atoms with Crippen molar-refractivity contribution in [2.24, 2.45) is 0 Å². The van der Waals surface area contributed by atoms with Gasteiger partial charge < -0.3 is 24.1 Å². The summed E-state index contributed by atoms with van der Waals surface area (Å²) in [5.74, 6) is -1.22. The second kappa shape index (κ2) is 9.21. The van der Waals surface area contributed by atoms with E-state index in [2.05, 4.69) is 0 Å². The lowest BCUT2D eigenvalue weighted by Crippen LogP contribution is -2.33. The lowest BCUT2D eigenvalue weighted by atomic mass is 9.98. The first kappa shape index (κ1) is 23.4. The molecule has 4 rings (SSSR count). The van der Waals surface area contributed by atoms with Gasteiger partial charge in [-0.1, -0.05) is 11.6 Å². The molecule has 0 saturated heterocycles. The summed E-state index contributed by atoms with van der Waals surface area (Å²) in [6.07, 6.45) is 0.703. The summed E-state index contributed by atoms with van der Waals surface area (Å²) in [5, 5.41) is 13.8. The summed E-state index contributed by atoms with van der Waals surface area (Å²) in [6.45, 7) is 3.11. The Kier molecular flexibility index (Phi) is 6.52. The maximum absolute atomic E-state index is 13.6. The smallest absolute Gasteiger partial charge is 0.290 e. The molecule has 1 aromatic carbocycles. The topological polar surface area (TPSA) is 83.2 Å². The summed E-state index contributed by atoms with van der Waals surface area (Å²) >= 11 is 7.60. The molecule has 3 heterocycles. The molecule has 7 nitrogen and oxygen atoms in total. The SMILES string of the molecule is COc1cc(Cl)cc2cc(C(=O)C3=C(O)C(=O)N(CCCN(C)C)C3c3sccc3C)oc12. The molecule has 1 unspecified atom stereocenters. The lowest BCUT2D eigenvalue weighted by molar-refractivity contribution is -0.129. The molecule has 1 amide bonds. The van der Waals surface area contributed by atoms with E-state index >= 15 is 0 Å². The molecule has 33 heavy (non-hydrogen) atoms. The van der Waals surface area contributed by atoms with Gasteiger partial charge in [0.15, 0.2) is 22.9 Å². The Morgan fingerprint density at radius 2 is 2.09 bits per heavy atom. The molecule has 0 radical (unpaired) electrons. The maximum atomic E-state index is 13.6. The van der Waals surface area contributed by atoms with Gasteiger partial charge in [0.2, 0.25) is 5.78 Å². The number of carbonyl (C=O) groups is 2. The van der Waals surface area contributed by atoms with Gasteiger partial charge in [-0.2, -0.15) is 0 Å². The number of benzene rings is 1. The highest BCUT2D eigenvalue weighted by Crippen LogP contribution is 2.43. The Morgan fingerprint density at radius 1 is 1.33 bits per heavy atom. The average Bonchev–Trinajstić information content (AvgIpc) is 3.44. The predicted molar refractivity (Wildman–Crippen MR) is 128 cm³/mol. The monoisotopic (exact) mass is 488 g/mol. The van der Waals surface area contributed by atoms with E-state index in [-0.39, 0.29) is 11.3 Å². The van der Waals surface area contributed by atoms with Crippen LogP contribution in [0.5, 0.6) is 5.75 Å². The van der Waals surface area contributed by atoms with Gasteiger partial charge in [0.25, 0.3) is 5.91 Å². The van der Waals surface area contributed by atoms with E-state index < -0.39 is 23.5 Å². The van der Waals surface area contributed by atoms with E-state index in [0.717, 1.165) is 17.0 Å². The van der Waals surface area contributed by atoms with Crippen molar-refractivity contribution in [3.63, 3.8) is 0 Å². The molecule has 0 bridgehead atoms. The molecule has 1 atom stereocenters. The molecule has 174 valence electrons. The third kappa shape index (κ3) is 4.26. The minimum absolute atomic E-state index is 0.00858. The van der Waals surface area contributed by atoms with Crippen molar-refractivity contribution in [2.75, 3.05) is 34.3 Å². The number of halogens is 1. The van der Waals surface area contributed by atoms with Crippen LogP contribution in [0.15, 0.2) is 45.4 Å². The largest absolute Gasteiger partial charge is 0.503 e. The zero-order valence-corrected chi connectivity index (χ0v) is 20.4. The van der Waals surface area contributed by atoms with Crippen LogP contribution in [0.2, 0.25) is 5.02 Å². The Balaban J connectivity index is 1.77. The second-order valence-electron chi connectivity index (χ2n) is 8.25. The maximum Gasteiger partial charge on any atom is 0.290 e. The average molecular weight is 489 g/mol. The van der Waals surface area contributed by atoms with Gasteiger partial charge in [-0.15, -0.1) is 11.3 Å². The Bertz CT molecular complexity index is 1260. The van der Waals surface area contributed by atoms with Gasteiger partial charge in [-0.05, 0) is 63.1 Å². The van der Waals surface area contributed by atoms with Gasteiger partial charge >= 0.3 is 0 Å². The summed E-state index contributed by atoms with van der Waals surface area (Å²) < 4.78 is 11.2. The number of carbonyl (C=O) groups excluding carboxylic acids is 2. The van der Waals surface area contributed by atoms with Crippen LogP contribution in [0.4, 0.5) is 0 Å². The Hall–Kier alpha value is -2.81. The van der Waals surface area contributed by atoms with Crippen LogP contribution in [0, 0.1) is 6.92 Å². The summed E-state index contributed by atoms with van der Waals surface area (Å²) in [4.78, 5) is 31.1. The van der Waals surface area contributed by atoms with Gasteiger partial charge in [0, 0.05) is 27.9 Å². The molecule has 0 aliphatic carbocycles. The number of amides is 1. The minimum Gasteiger partial charge on any atom is -0.503 e. The van der Waals surface area contributed by atoms with E-state index in [9.17, 15) is 14.7 Å². The first-order valence-corrected chi connectivity index (χ1v) is 11.7. The van der Waals surface area contributed by atoms with Crippen LogP contribution < -0.4 is 4.74 Å². The van der Waals surface area contributed by atoms with Crippen molar-refractivity contribution in [1.29, 1.82) is 0 Å². The highest BCUT2D eigenvalue weighted by atomic mass is 35.5. The van der Waals surface area contributed by atoms with Crippen LogP contribution in [0.25, 0.3) is 11.0 Å². The molecule has 0 spiro atoms. The summed E-state index contributed by atoms with van der Waals surface area (Å²) in [7, 11) is 5.40. The lowest BCUT2D eigenvalue weighted by Gasteiger charge is -2.26. The first-order chi connectivity index (χ1) is 15.7. The molecule has 1 N–H and O–H groups in total. The fraction of sp³-hybridized carbons (Fsp3) is 0.333. The van der Waals surface area contributed by atoms with E-state index in [1.807, 2.05) is 37.4 Å². The van der Waals surface area contributed by atoms with Crippen LogP contribution in [0.3, 0.4) is 0 Å². The number of ketones is 1. The van der Waals surface area contributed by atoms with Gasteiger partial charge in [-0.3, -0.25) is 9.59 Å². The number of aliphatic hydroxyl groups is 1. The molecular weight excluding hydrogens is 464 g/mol. The van der Waals surface area contributed by atoms with Gasteiger partial charge in [0.1, 0.15) is 0 Å². The fourth-order valence-corrected chi connectivity index (χ4v) is 5.36. The van der Waals surface area contributed by atoms with E-state index in [1.165, 1.54) is 18.4 Å². The Morgan fingerprint density at radius 3 is 2.73 bits per heavy atom. The second-order valence-corrected chi connectivity index (χ2v) is 9.64. The predicted octanol–water partition coefficient (Wildman–Crippen LogP) is 4.99. The van der Waals surface area contributed by atoms with Crippen molar-refractivity contribution in [1.82, 2.24) is 9.80 Å². The Labute approximate surface area is 200 Å². The number of Topliss-reactive ketones (excluding diaryl/α,β-unsaturated/α-hetero) is 1. The summed E-state index contributed by atoms with van der Waals surface area (Å²) in [6, 6.07) is 6.09. The number of furan rings is 1. The fourth-order valence-electron chi connectivity index (χ4n) is 4.09. The molecule has 2 aromatic heterocycles. The number of rotatable bonds is 8. The molecule has 9 heteroatoms. The van der Waals surface area contributed by atoms with Crippen molar-refractivity contribution >= 4 is 45.6 Å². The molecule has 1 aliphatic rings. The van der Waals surface area contributed by atoms with Gasteiger partial charge in [-0.25, -0.2) is 0 Å². The van der Waals surface area contributed by atoms with E-state index in [4.69, 9.17) is 20.8 Å². The zero-order valence-electron chi connectivity index (χ0n) is 18.8. The standard InChI is InChI=1S/C24H25ClN2O5S/c1-13-6-9-33-23(13)19-18(21(29)24(30)27(19)8-5-7-26(2)3)20(28)16-11-14-10-15(25)12-17(31-4)22(14)32-16/h6,9-12,19,29H,5,7-8H2,1-4H3. The van der Waals surface area contributed by atoms with Gasteiger partial charge in [0.05, 0.1) is 18.7 Å². The first-order valence-electron chi connectivity index (χ1n) is 10.5. The number of nitrogens with zero attached hydrogens (tertiary/aromatic N) is 2. The van der Waals surface area contributed by atoms with Crippen molar-refractivity contribution < 1.29 is 23.8 Å². The molecule has 3 aromatic rings. The van der Waals surface area contributed by atoms with Crippen molar-refractivity contribution in [2.45, 2.75) is 19.4 Å². The van der Waals surface area contributed by atoms with E-state index in [0.29, 0.717) is 34.7 Å². The number of fused-ring (bicyclic) bond motifs is 1. The third-order valence-corrected chi connectivity index (χ3v) is 6.98. The highest BCUT2D eigenvalue weighted by molar-refractivity contribution is 7.10. The summed E-state index contributed by atoms with van der Waals surface area (Å²) in [5.41, 5.74) is 1.36. The number of aryl methyl sites for hydroxylation is 1.